The van der Waals surface area contributed by atoms with Crippen LogP contribution in [-0.4, -0.2) is 69.8 Å². The molecule has 2 N–H and O–H groups in total. The third-order valence-corrected chi connectivity index (χ3v) is 32.2. The molecule has 8 aromatic carbocycles. The molecule has 16 heterocycles. The topological polar surface area (TPSA) is 219 Å². The van der Waals surface area contributed by atoms with Crippen molar-refractivity contribution < 1.29 is 89.3 Å². The van der Waals surface area contributed by atoms with Gasteiger partial charge in [-0.15, -0.1) is 56.8 Å². The molecule has 0 fully saturated rings. The van der Waals surface area contributed by atoms with Gasteiger partial charge in [0.25, 0.3) is 0 Å². The molecule has 32 bridgehead atoms. The number of benzene rings is 8. The third kappa shape index (κ3) is 17.6. The summed E-state index contributed by atoms with van der Waals surface area (Å²) in [6.45, 7) is 43.4. The number of fused-ring (bicyclic) bond motifs is 38. The number of para-hydroxylation sites is 6. The zero-order chi connectivity index (χ0) is 98.2. The first-order valence-corrected chi connectivity index (χ1v) is 50.1. The molecule has 26 heteroatoms. The van der Waals surface area contributed by atoms with Crippen LogP contribution in [0.25, 0.3) is 89.7 Å². The Kier molecular flexibility index (Phi) is 27.4. The Morgan fingerprint density at radius 2 is 0.542 bits per heavy atom. The molecule has 6 aliphatic rings. The van der Waals surface area contributed by atoms with Crippen molar-refractivity contribution in [2.24, 2.45) is 20.8 Å². The quantitative estimate of drug-likeness (QED) is 0.124. The van der Waals surface area contributed by atoms with E-state index < -0.39 is 21.7 Å². The van der Waals surface area contributed by atoms with E-state index in [9.17, 15) is 10.2 Å². The number of aromatic hydroxyl groups is 2. The minimum Gasteiger partial charge on any atom is -0.779 e. The van der Waals surface area contributed by atoms with E-state index in [0.29, 0.717) is 22.8 Å². The van der Waals surface area contributed by atoms with E-state index in [-0.39, 0.29) is 123 Å². The van der Waals surface area contributed by atoms with Crippen LogP contribution in [0.2, 0.25) is 0 Å². The molecule has 0 saturated carbocycles. The van der Waals surface area contributed by atoms with Gasteiger partial charge in [-0.1, -0.05) is 327 Å². The van der Waals surface area contributed by atoms with Crippen molar-refractivity contribution in [3.05, 3.63) is 392 Å². The summed E-state index contributed by atoms with van der Waals surface area (Å²) in [5, 5.41) is 30.0. The summed E-state index contributed by atoms with van der Waals surface area (Å²) >= 11 is 15.8. The fraction of sp³-hybridized carbons (Fsp3) is 0.254. The molecule has 18 aromatic rings. The van der Waals surface area contributed by atoms with Crippen LogP contribution >= 0.6 is 22.7 Å². The first-order valence-electron chi connectivity index (χ1n) is 47.6. The minimum atomic E-state index is -0.682. The molecular formula is C118H110N16NiO2PdPt2S4. The van der Waals surface area contributed by atoms with Crippen LogP contribution in [0.1, 0.15) is 229 Å². The Labute approximate surface area is 914 Å². The van der Waals surface area contributed by atoms with Crippen molar-refractivity contribution in [2.75, 3.05) is 0 Å². The zero-order valence-corrected chi connectivity index (χ0v) is 94.0. The van der Waals surface area contributed by atoms with Crippen LogP contribution in [-0.2, 0) is 148 Å². The molecule has 0 aliphatic carbocycles. The van der Waals surface area contributed by atoms with Crippen molar-refractivity contribution >= 4 is 59.4 Å². The Bertz CT molecular complexity index is 7240. The predicted octanol–water partition coefficient (Wildman–Crippen LogP) is 26.0. The predicted molar refractivity (Wildman–Crippen MR) is 567 cm³/mol. The largest absolute Gasteiger partial charge is 2.00 e. The molecule has 0 radical (unpaired) electrons. The van der Waals surface area contributed by atoms with Crippen LogP contribution in [0.4, 0.5) is 0 Å². The molecule has 10 aromatic heterocycles. The molecule has 6 aliphatic heterocycles. The maximum absolute atomic E-state index is 11.9. The summed E-state index contributed by atoms with van der Waals surface area (Å²) in [5.41, 5.74) is 24.3. The summed E-state index contributed by atoms with van der Waals surface area (Å²) in [6.07, 6.45) is 12.9. The van der Waals surface area contributed by atoms with Gasteiger partial charge < -0.3 is 55.4 Å². The number of allylic oxidation sites excluding steroid dienone is 4. The van der Waals surface area contributed by atoms with E-state index in [0.717, 1.165) is 190 Å². The van der Waals surface area contributed by atoms with Crippen molar-refractivity contribution in [3.8, 4) is 101 Å². The summed E-state index contributed by atoms with van der Waals surface area (Å²) in [6, 6.07) is 81.7. The number of hydrogen-bond acceptors (Lipinski definition) is 14. The second kappa shape index (κ2) is 38.0. The first-order chi connectivity index (χ1) is 66.5. The number of phenols is 2. The van der Waals surface area contributed by atoms with Crippen molar-refractivity contribution in [1.29, 1.82) is 0 Å². The molecule has 144 heavy (non-hydrogen) atoms. The van der Waals surface area contributed by atoms with E-state index in [4.69, 9.17) is 85.1 Å². The number of phenolic OH excluding ortho intramolecular Hbond substituents is 2. The van der Waals surface area contributed by atoms with Crippen LogP contribution in [0.3, 0.4) is 0 Å². The van der Waals surface area contributed by atoms with Crippen LogP contribution in [0.5, 0.6) is 11.5 Å². The maximum Gasteiger partial charge on any atom is 2.00 e. The average molecular weight is 2470 g/mol. The first kappa shape index (κ1) is 104. The Balaban J connectivity index is 0.000000133. The summed E-state index contributed by atoms with van der Waals surface area (Å²) in [5.74, 6) is 3.24. The van der Waals surface area contributed by atoms with Crippen LogP contribution < -0.4 is 19.9 Å². The van der Waals surface area contributed by atoms with E-state index >= 15 is 0 Å². The number of thiazole rings is 2. The van der Waals surface area contributed by atoms with Gasteiger partial charge in [0.05, 0.1) is 45.3 Å². The molecule has 0 spiro atoms. The summed E-state index contributed by atoms with van der Waals surface area (Å²) in [4.78, 5) is 62.4. The number of aliphatic imine (C=N–C) groups is 2. The molecule has 0 amide bonds. The number of hydrogen-bond donors (Lipinski definition) is 2. The standard InChI is InChI=1S/C36H32N4O2.C36H32N4S2.C26H30N4.C20H18N4S2.Ni.Pd.2Pt/c2*1-35(2)27-19-11-17-25(31(27)41)34-38-30(22-40(34)24-15-9-6-10-16-24)36(3,4)28-20-12-18-26(32(28)42)33-37-29(35)21-39(33)23-13-7-5-8-14-23;1-23(2)13-19-25(5,6)17-12-10-16(28-17)22-24(3,4)14-20(30-22)26(7,8)18-11-9-15(27-18)21(23)29-19;1-19(2)13-7-5-11(21-13)18-24-16(10-26-18)20(3,4)14-8-6-12(22-14)17-23-15(19)9-25-17;;;;/h2*5-22,41-42H,1-4H3;9-14H,1-8H3;5-10H,1-4H3;;;;/q;;2*-2;2*+2;;+2/p-2. The van der Waals surface area contributed by atoms with Gasteiger partial charge in [-0.3, -0.25) is 28.3 Å². The average Bonchev–Trinajstić information content (AvgIpc) is 1.58. The smallest absolute Gasteiger partial charge is 0.779 e. The van der Waals surface area contributed by atoms with Gasteiger partial charge in [0.2, 0.25) is 0 Å². The van der Waals surface area contributed by atoms with Crippen LogP contribution in [0, 0.1) is 10.8 Å². The molecular weight excluding hydrogens is 2360 g/mol. The van der Waals surface area contributed by atoms with Crippen molar-refractivity contribution in [2.45, 2.75) is 192 Å². The SMILES string of the molecule is CC1(C)C=C2N=C1c1ccc([n-]1)C(C)(C)C1=CC(C)(C)C(=N1)c1ccc([n-]1)C2(C)C.CC1(C)c2cn(-c3ccccc3)c(n2)-c2cccc(c2O)C(C)(C)c2cn(-c3ccccc3)c(n2)-c2cccc1c2O.CC1(C)c2cn(-c3ccccc3)c(n2)-c2cccc(c2[S-])C(C)(C)c2cn(-c3ccccc3)c(n2)-c2cccc1c2[S-].CC1(C)c2csc(n2)-c2ccc([n-]2)C(C)(C)c2csc(n2)-c2ccc1[n-]2.[Ni+2].[Pd+2].[Pt+2].[Pt]. The van der Waals surface area contributed by atoms with E-state index in [1.165, 1.54) is 0 Å². The molecule has 0 saturated heterocycles. The number of aromatic nitrogens is 14. The van der Waals surface area contributed by atoms with Gasteiger partial charge in [-0.05, 0) is 99.5 Å². The third-order valence-electron chi connectivity index (χ3n) is 29.6. The molecule has 738 valence electrons. The Hall–Kier alpha value is -11.6. The molecule has 0 atom stereocenters. The van der Waals surface area contributed by atoms with E-state index in [2.05, 4.69) is 292 Å². The minimum absolute atomic E-state index is 0. The number of nitrogens with zero attached hydrogens (tertiary/aromatic N) is 16. The Morgan fingerprint density at radius 1 is 0.285 bits per heavy atom. The fourth-order valence-electron chi connectivity index (χ4n) is 20.1. The van der Waals surface area contributed by atoms with Crippen molar-refractivity contribution in [3.63, 3.8) is 0 Å². The second-order valence-electron chi connectivity index (χ2n) is 42.8. The van der Waals surface area contributed by atoms with Crippen LogP contribution in [0.15, 0.2) is 322 Å². The Morgan fingerprint density at radius 3 is 0.847 bits per heavy atom. The maximum atomic E-state index is 11.9. The van der Waals surface area contributed by atoms with E-state index in [1.54, 1.807) is 22.7 Å². The molecule has 18 nitrogen and oxygen atoms in total. The van der Waals surface area contributed by atoms with Crippen molar-refractivity contribution in [1.82, 2.24) is 68.1 Å². The van der Waals surface area contributed by atoms with Gasteiger partial charge in [0, 0.05) is 167 Å². The van der Waals surface area contributed by atoms with Gasteiger partial charge in [-0.25, -0.2) is 29.9 Å². The normalized spacial score (nSPS) is 16.8. The summed E-state index contributed by atoms with van der Waals surface area (Å²) < 4.78 is 8.36. The monoisotopic (exact) mass is 2460 g/mol. The van der Waals surface area contributed by atoms with Gasteiger partial charge in [-0.2, -0.15) is 9.79 Å². The molecule has 0 unspecified atom stereocenters. The van der Waals surface area contributed by atoms with Gasteiger partial charge >= 0.3 is 58.0 Å². The summed E-state index contributed by atoms with van der Waals surface area (Å²) in [7, 11) is 0. The van der Waals surface area contributed by atoms with Gasteiger partial charge in [0.1, 0.15) is 44.8 Å². The number of rotatable bonds is 4. The fourth-order valence-corrected chi connectivity index (χ4v) is 23.0. The van der Waals surface area contributed by atoms with E-state index in [1.807, 2.05) is 155 Å². The zero-order valence-electron chi connectivity index (χ0n) is 83.7. The number of imidazole rings is 4. The molecule has 24 rings (SSSR count). The van der Waals surface area contributed by atoms with Gasteiger partial charge in [0.15, 0.2) is 0 Å². The second-order valence-corrected chi connectivity index (χ2v) is 45.3.